The molecule has 0 saturated heterocycles. The van der Waals surface area contributed by atoms with Crippen molar-refractivity contribution < 1.29 is 13.2 Å². The molecule has 1 amide bonds. The highest BCUT2D eigenvalue weighted by Crippen LogP contribution is 2.23. The third kappa shape index (κ3) is 5.61. The lowest BCUT2D eigenvalue weighted by molar-refractivity contribution is 0.102. The van der Waals surface area contributed by atoms with Crippen molar-refractivity contribution in [2.45, 2.75) is 37.4 Å². The van der Waals surface area contributed by atoms with Gasteiger partial charge >= 0.3 is 0 Å². The van der Waals surface area contributed by atoms with Gasteiger partial charge in [0, 0.05) is 11.3 Å². The molecule has 1 heterocycles. The number of carbonyl (C=O) groups is 1. The van der Waals surface area contributed by atoms with Crippen molar-refractivity contribution in [2.24, 2.45) is 0 Å². The van der Waals surface area contributed by atoms with Gasteiger partial charge < -0.3 is 0 Å². The van der Waals surface area contributed by atoms with Gasteiger partial charge in [-0.3, -0.25) is 14.8 Å². The number of carbonyl (C=O) groups excluding carboxylic acids is 1. The molecule has 0 spiro atoms. The number of aromatic nitrogens is 2. The number of sulfonamides is 1. The fourth-order valence-electron chi connectivity index (χ4n) is 2.56. The first-order valence-electron chi connectivity index (χ1n) is 9.20. The van der Waals surface area contributed by atoms with Gasteiger partial charge in [-0.25, -0.2) is 0 Å². The van der Waals surface area contributed by atoms with E-state index in [0.29, 0.717) is 11.3 Å². The van der Waals surface area contributed by atoms with Crippen LogP contribution in [0.2, 0.25) is 0 Å². The van der Waals surface area contributed by atoms with Crippen molar-refractivity contribution in [1.29, 1.82) is 0 Å². The number of benzene rings is 2. The number of aryl methyl sites for hydroxylation is 2. The monoisotopic (exact) mass is 430 g/mol. The molecule has 0 fully saturated rings. The van der Waals surface area contributed by atoms with Crippen molar-refractivity contribution in [3.63, 3.8) is 0 Å². The minimum Gasteiger partial charge on any atom is -0.296 e. The van der Waals surface area contributed by atoms with E-state index in [0.717, 1.165) is 41.7 Å². The summed E-state index contributed by atoms with van der Waals surface area (Å²) in [4.78, 5) is 12.2. The summed E-state index contributed by atoms with van der Waals surface area (Å²) in [5.41, 5.74) is 3.10. The quantitative estimate of drug-likeness (QED) is 0.521. The summed E-state index contributed by atoms with van der Waals surface area (Å²) in [6.45, 7) is 4.05. The molecule has 0 radical (unpaired) electrons. The number of amides is 1. The van der Waals surface area contributed by atoms with E-state index in [-0.39, 0.29) is 15.4 Å². The van der Waals surface area contributed by atoms with Crippen molar-refractivity contribution >= 4 is 38.1 Å². The van der Waals surface area contributed by atoms with Crippen molar-refractivity contribution in [3.05, 3.63) is 65.2 Å². The van der Waals surface area contributed by atoms with Crippen molar-refractivity contribution in [3.8, 4) is 0 Å². The molecule has 3 rings (SSSR count). The summed E-state index contributed by atoms with van der Waals surface area (Å²) in [5.74, 6) is -0.374. The van der Waals surface area contributed by atoms with Gasteiger partial charge in [-0.05, 0) is 49.6 Å². The Morgan fingerprint density at radius 2 is 1.72 bits per heavy atom. The van der Waals surface area contributed by atoms with Gasteiger partial charge in [0.05, 0.1) is 0 Å². The Hall–Kier alpha value is -2.78. The Morgan fingerprint density at radius 1 is 1.03 bits per heavy atom. The molecule has 2 aromatic carbocycles. The molecule has 0 aliphatic carbocycles. The van der Waals surface area contributed by atoms with Gasteiger partial charge in [-0.1, -0.05) is 54.5 Å². The molecule has 3 aromatic rings. The molecule has 0 saturated carbocycles. The molecular formula is C20H22N4O3S2. The molecular weight excluding hydrogens is 408 g/mol. The number of hydrogen-bond acceptors (Lipinski definition) is 6. The summed E-state index contributed by atoms with van der Waals surface area (Å²) >= 11 is 0.795. The molecule has 7 nitrogen and oxygen atoms in total. The van der Waals surface area contributed by atoms with Crippen molar-refractivity contribution in [2.75, 3.05) is 10.0 Å². The predicted molar refractivity (Wildman–Crippen MR) is 115 cm³/mol. The van der Waals surface area contributed by atoms with Gasteiger partial charge in [0.1, 0.15) is 0 Å². The number of unbranched alkanes of at least 4 members (excludes halogenated alkanes) is 1. The summed E-state index contributed by atoms with van der Waals surface area (Å²) in [6, 6.07) is 14.3. The van der Waals surface area contributed by atoms with Gasteiger partial charge in [0.15, 0.2) is 0 Å². The Kier molecular flexibility index (Phi) is 6.60. The average Bonchev–Trinajstić information content (AvgIpc) is 3.17. The molecule has 0 aliphatic heterocycles. The van der Waals surface area contributed by atoms with E-state index in [1.54, 1.807) is 24.3 Å². The number of hydrogen-bond donors (Lipinski definition) is 2. The van der Waals surface area contributed by atoms with E-state index in [2.05, 4.69) is 27.2 Å². The van der Waals surface area contributed by atoms with Crippen LogP contribution in [0.3, 0.4) is 0 Å². The average molecular weight is 431 g/mol. The first-order chi connectivity index (χ1) is 13.9. The largest absolute Gasteiger partial charge is 0.296 e. The van der Waals surface area contributed by atoms with E-state index in [1.165, 1.54) is 0 Å². The molecule has 9 heteroatoms. The smallest absolute Gasteiger partial charge is 0.291 e. The third-order valence-corrected chi connectivity index (χ3v) is 6.78. The van der Waals surface area contributed by atoms with Crippen LogP contribution in [0.1, 0.15) is 41.3 Å². The Bertz CT molecular complexity index is 1080. The highest BCUT2D eigenvalue weighted by molar-refractivity contribution is 7.94. The van der Waals surface area contributed by atoms with Gasteiger partial charge in [-0.15, -0.1) is 10.2 Å². The van der Waals surface area contributed by atoms with E-state index < -0.39 is 10.0 Å². The first-order valence-corrected chi connectivity index (χ1v) is 11.5. The number of nitrogens with one attached hydrogen (secondary N) is 2. The SMILES string of the molecule is CCCCc1ccc(NS(=O)(=O)c2nnc(NC(=O)c3ccc(C)cc3)s2)cc1. The van der Waals surface area contributed by atoms with Crippen LogP contribution in [-0.4, -0.2) is 24.5 Å². The number of nitrogens with zero attached hydrogens (tertiary/aromatic N) is 2. The number of anilines is 2. The van der Waals surface area contributed by atoms with E-state index in [9.17, 15) is 13.2 Å². The highest BCUT2D eigenvalue weighted by Gasteiger charge is 2.21. The Morgan fingerprint density at radius 3 is 2.38 bits per heavy atom. The lowest BCUT2D eigenvalue weighted by Gasteiger charge is -2.06. The molecule has 29 heavy (non-hydrogen) atoms. The molecule has 1 aromatic heterocycles. The summed E-state index contributed by atoms with van der Waals surface area (Å²) in [6.07, 6.45) is 3.16. The third-order valence-electron chi connectivity index (χ3n) is 4.20. The Labute approximate surface area is 174 Å². The van der Waals surface area contributed by atoms with Gasteiger partial charge in [0.25, 0.3) is 20.3 Å². The van der Waals surface area contributed by atoms with E-state index in [4.69, 9.17) is 0 Å². The minimum atomic E-state index is -3.88. The minimum absolute atomic E-state index is 0.117. The molecule has 0 atom stereocenters. The zero-order valence-electron chi connectivity index (χ0n) is 16.2. The number of rotatable bonds is 8. The van der Waals surface area contributed by atoms with Crippen LogP contribution in [0.25, 0.3) is 0 Å². The maximum absolute atomic E-state index is 12.5. The topological polar surface area (TPSA) is 101 Å². The second kappa shape index (κ2) is 9.15. The molecule has 0 aliphatic rings. The molecule has 0 bridgehead atoms. The summed E-state index contributed by atoms with van der Waals surface area (Å²) in [5, 5.41) is 10.2. The Balaban J connectivity index is 1.66. The zero-order chi connectivity index (χ0) is 20.9. The predicted octanol–water partition coefficient (Wildman–Crippen LogP) is 4.24. The lowest BCUT2D eigenvalue weighted by Crippen LogP contribution is -2.12. The highest BCUT2D eigenvalue weighted by atomic mass is 32.2. The fourth-order valence-corrected chi connectivity index (χ4v) is 4.52. The molecule has 0 unspecified atom stereocenters. The molecule has 152 valence electrons. The van der Waals surface area contributed by atoms with Crippen LogP contribution in [0.4, 0.5) is 10.8 Å². The maximum Gasteiger partial charge on any atom is 0.291 e. The van der Waals surface area contributed by atoms with Crippen LogP contribution in [0.15, 0.2) is 52.9 Å². The standard InChI is InChI=1S/C20H22N4O3S2/c1-3-4-5-15-8-12-17(13-9-15)24-29(26,27)20-23-22-19(28-20)21-18(25)16-10-6-14(2)7-11-16/h6-13,24H,3-5H2,1-2H3,(H,21,22,25). The molecule has 2 N–H and O–H groups in total. The van der Waals surface area contributed by atoms with Crippen molar-refractivity contribution in [1.82, 2.24) is 10.2 Å². The lowest BCUT2D eigenvalue weighted by atomic mass is 10.1. The van der Waals surface area contributed by atoms with Crippen LogP contribution in [-0.2, 0) is 16.4 Å². The zero-order valence-corrected chi connectivity index (χ0v) is 17.8. The van der Waals surface area contributed by atoms with Crippen LogP contribution in [0.5, 0.6) is 0 Å². The summed E-state index contributed by atoms with van der Waals surface area (Å²) < 4.78 is 27.4. The first kappa shape index (κ1) is 20.9. The maximum atomic E-state index is 12.5. The van der Waals surface area contributed by atoms with Crippen LogP contribution < -0.4 is 10.0 Å². The second-order valence-corrected chi connectivity index (χ2v) is 9.43. The van der Waals surface area contributed by atoms with Crippen LogP contribution >= 0.6 is 11.3 Å². The normalized spacial score (nSPS) is 11.2. The fraction of sp³-hybridized carbons (Fsp3) is 0.250. The second-order valence-electron chi connectivity index (χ2n) is 6.60. The van der Waals surface area contributed by atoms with Crippen LogP contribution in [0, 0.1) is 6.92 Å². The van der Waals surface area contributed by atoms with Gasteiger partial charge in [-0.2, -0.15) is 8.42 Å². The van der Waals surface area contributed by atoms with E-state index in [1.807, 2.05) is 31.2 Å². The van der Waals surface area contributed by atoms with E-state index >= 15 is 0 Å². The summed E-state index contributed by atoms with van der Waals surface area (Å²) in [7, 11) is -3.88. The van der Waals surface area contributed by atoms with Gasteiger partial charge in [0.2, 0.25) is 5.13 Å².